The largest absolute Gasteiger partial charge is 0.495 e. The number of ether oxygens (including phenoxy) is 1. The van der Waals surface area contributed by atoms with Gasteiger partial charge in [0.25, 0.3) is 0 Å². The van der Waals surface area contributed by atoms with Gasteiger partial charge in [-0.05, 0) is 62.3 Å². The lowest BCUT2D eigenvalue weighted by Gasteiger charge is -2.40. The number of fused-ring (bicyclic) bond motifs is 2. The van der Waals surface area contributed by atoms with Crippen molar-refractivity contribution in [3.63, 3.8) is 0 Å². The van der Waals surface area contributed by atoms with E-state index in [4.69, 9.17) is 4.74 Å². The third kappa shape index (κ3) is 4.14. The Morgan fingerprint density at radius 2 is 1.67 bits per heavy atom. The minimum Gasteiger partial charge on any atom is -0.495 e. The number of para-hydroxylation sites is 2. The molecule has 3 heteroatoms. The third-order valence-corrected chi connectivity index (χ3v) is 6.54. The van der Waals surface area contributed by atoms with E-state index in [0.29, 0.717) is 12.0 Å². The summed E-state index contributed by atoms with van der Waals surface area (Å²) < 4.78 is 5.51. The Labute approximate surface area is 163 Å². The maximum absolute atomic E-state index is 5.51. The first-order chi connectivity index (χ1) is 13.2. The summed E-state index contributed by atoms with van der Waals surface area (Å²) in [5.41, 5.74) is 2.60. The lowest BCUT2D eigenvalue weighted by Crippen LogP contribution is -2.47. The van der Waals surface area contributed by atoms with Gasteiger partial charge < -0.3 is 10.1 Å². The minimum absolute atomic E-state index is 0.557. The highest BCUT2D eigenvalue weighted by Crippen LogP contribution is 2.38. The third-order valence-electron chi connectivity index (χ3n) is 6.54. The molecule has 2 heterocycles. The summed E-state index contributed by atoms with van der Waals surface area (Å²) in [4.78, 5) is 2.81. The number of hydrogen-bond acceptors (Lipinski definition) is 3. The lowest BCUT2D eigenvalue weighted by atomic mass is 9.94. The summed E-state index contributed by atoms with van der Waals surface area (Å²) in [5.74, 6) is 1.58. The summed E-state index contributed by atoms with van der Waals surface area (Å²) in [6.07, 6.45) is 6.45. The lowest BCUT2D eigenvalue weighted by molar-refractivity contribution is 0.128. The molecule has 1 N–H and O–H groups in total. The number of nitrogens with one attached hydrogen (secondary N) is 1. The van der Waals surface area contributed by atoms with E-state index in [1.165, 1.54) is 44.2 Å². The van der Waals surface area contributed by atoms with Gasteiger partial charge in [-0.1, -0.05) is 49.4 Å². The number of benzene rings is 2. The van der Waals surface area contributed by atoms with Gasteiger partial charge in [0.2, 0.25) is 0 Å². The molecular formula is C24H32N2O. The van der Waals surface area contributed by atoms with Crippen LogP contribution in [0.15, 0.2) is 54.6 Å². The molecule has 0 saturated carbocycles. The molecular weight excluding hydrogens is 332 g/mol. The monoisotopic (exact) mass is 364 g/mol. The van der Waals surface area contributed by atoms with Crippen LogP contribution in [-0.2, 0) is 0 Å². The van der Waals surface area contributed by atoms with Gasteiger partial charge in [-0.2, -0.15) is 0 Å². The van der Waals surface area contributed by atoms with Crippen LogP contribution >= 0.6 is 0 Å². The first kappa shape index (κ1) is 18.4. The van der Waals surface area contributed by atoms with Crippen molar-refractivity contribution in [1.29, 1.82) is 0 Å². The summed E-state index contributed by atoms with van der Waals surface area (Å²) in [6.45, 7) is 3.60. The highest BCUT2D eigenvalue weighted by atomic mass is 16.5. The van der Waals surface area contributed by atoms with Gasteiger partial charge in [0.05, 0.1) is 12.8 Å². The zero-order chi connectivity index (χ0) is 18.6. The van der Waals surface area contributed by atoms with Crippen LogP contribution < -0.4 is 10.1 Å². The highest BCUT2D eigenvalue weighted by molar-refractivity contribution is 5.56. The van der Waals surface area contributed by atoms with Crippen molar-refractivity contribution >= 4 is 5.69 Å². The van der Waals surface area contributed by atoms with E-state index < -0.39 is 0 Å². The Bertz CT molecular complexity index is 718. The highest BCUT2D eigenvalue weighted by Gasteiger charge is 2.40. The number of anilines is 1. The van der Waals surface area contributed by atoms with Crippen molar-refractivity contribution in [2.45, 2.75) is 63.1 Å². The van der Waals surface area contributed by atoms with Crippen molar-refractivity contribution < 1.29 is 4.74 Å². The van der Waals surface area contributed by atoms with Crippen LogP contribution in [0, 0.1) is 0 Å². The predicted molar refractivity (Wildman–Crippen MR) is 113 cm³/mol. The van der Waals surface area contributed by atoms with E-state index >= 15 is 0 Å². The summed E-state index contributed by atoms with van der Waals surface area (Å²) >= 11 is 0. The smallest absolute Gasteiger partial charge is 0.141 e. The van der Waals surface area contributed by atoms with Crippen molar-refractivity contribution in [2.24, 2.45) is 0 Å². The number of nitrogens with zero attached hydrogens (tertiary/aromatic N) is 1. The Morgan fingerprint density at radius 3 is 2.37 bits per heavy atom. The molecule has 3 atom stereocenters. The van der Waals surface area contributed by atoms with Crippen LogP contribution in [0.2, 0.25) is 0 Å². The molecule has 3 nitrogen and oxygen atoms in total. The van der Waals surface area contributed by atoms with Crippen molar-refractivity contribution in [2.75, 3.05) is 19.0 Å². The first-order valence-electron chi connectivity index (χ1n) is 10.4. The van der Waals surface area contributed by atoms with Crippen molar-refractivity contribution in [3.8, 4) is 5.75 Å². The Morgan fingerprint density at radius 1 is 1.00 bits per heavy atom. The van der Waals surface area contributed by atoms with Crippen LogP contribution in [0.3, 0.4) is 0 Å². The average molecular weight is 365 g/mol. The van der Waals surface area contributed by atoms with E-state index in [9.17, 15) is 0 Å². The Hall–Kier alpha value is -2.00. The maximum atomic E-state index is 5.51. The molecule has 0 aromatic heterocycles. The second kappa shape index (κ2) is 8.35. The van der Waals surface area contributed by atoms with E-state index in [-0.39, 0.29) is 0 Å². The molecule has 2 fully saturated rings. The van der Waals surface area contributed by atoms with Gasteiger partial charge in [-0.25, -0.2) is 0 Å². The summed E-state index contributed by atoms with van der Waals surface area (Å²) in [5, 5.41) is 3.76. The Balaban J connectivity index is 1.34. The summed E-state index contributed by atoms with van der Waals surface area (Å²) in [6, 6.07) is 21.3. The van der Waals surface area contributed by atoms with Crippen molar-refractivity contribution in [3.05, 3.63) is 60.2 Å². The van der Waals surface area contributed by atoms with Gasteiger partial charge >= 0.3 is 0 Å². The van der Waals surface area contributed by atoms with E-state index in [1.807, 2.05) is 12.1 Å². The molecule has 2 aromatic rings. The molecule has 144 valence electrons. The molecule has 2 aliphatic heterocycles. The first-order valence-corrected chi connectivity index (χ1v) is 10.4. The molecule has 0 radical (unpaired) electrons. The average Bonchev–Trinajstić information content (AvgIpc) is 2.95. The number of piperidine rings is 1. The van der Waals surface area contributed by atoms with Gasteiger partial charge in [0.1, 0.15) is 5.75 Å². The predicted octanol–water partition coefficient (Wildman–Crippen LogP) is 5.30. The number of hydrogen-bond donors (Lipinski definition) is 1. The van der Waals surface area contributed by atoms with Crippen LogP contribution in [0.4, 0.5) is 5.69 Å². The molecule has 0 aliphatic carbocycles. The number of rotatable bonds is 7. The molecule has 4 rings (SSSR count). The molecule has 2 aliphatic rings. The van der Waals surface area contributed by atoms with Gasteiger partial charge in [0.15, 0.2) is 0 Å². The van der Waals surface area contributed by atoms with Crippen molar-refractivity contribution in [1.82, 2.24) is 4.90 Å². The zero-order valence-electron chi connectivity index (χ0n) is 16.6. The topological polar surface area (TPSA) is 24.5 Å². The molecule has 3 unspecified atom stereocenters. The maximum Gasteiger partial charge on any atom is 0.141 e. The van der Waals surface area contributed by atoms with E-state index in [1.54, 1.807) is 7.11 Å². The summed E-state index contributed by atoms with van der Waals surface area (Å²) in [7, 11) is 1.75. The minimum atomic E-state index is 0.557. The SMILES string of the molecule is COc1ccccc1NC1CC2CCC(C1)N2CCC(C)c1ccccc1. The molecule has 2 saturated heterocycles. The van der Waals surface area contributed by atoms with Gasteiger partial charge in [-0.3, -0.25) is 4.90 Å². The van der Waals surface area contributed by atoms with Crippen LogP contribution in [-0.4, -0.2) is 36.7 Å². The molecule has 27 heavy (non-hydrogen) atoms. The quantitative estimate of drug-likeness (QED) is 0.722. The fourth-order valence-corrected chi connectivity index (χ4v) is 5.03. The van der Waals surface area contributed by atoms with Gasteiger partial charge in [0, 0.05) is 18.1 Å². The van der Waals surface area contributed by atoms with E-state index in [2.05, 4.69) is 59.6 Å². The molecule has 2 bridgehead atoms. The second-order valence-electron chi connectivity index (χ2n) is 8.24. The van der Waals surface area contributed by atoms with Crippen LogP contribution in [0.25, 0.3) is 0 Å². The molecule has 0 amide bonds. The van der Waals surface area contributed by atoms with E-state index in [0.717, 1.165) is 23.5 Å². The normalized spacial score (nSPS) is 25.9. The van der Waals surface area contributed by atoms with Gasteiger partial charge in [-0.15, -0.1) is 0 Å². The Kier molecular flexibility index (Phi) is 5.68. The van der Waals surface area contributed by atoms with Crippen LogP contribution in [0.1, 0.15) is 50.5 Å². The standard InChI is InChI=1S/C24H32N2O/c1-18(19-8-4-3-5-9-19)14-15-26-21-12-13-22(26)17-20(16-21)25-23-10-6-7-11-24(23)27-2/h3-11,18,20-22,25H,12-17H2,1-2H3. The second-order valence-corrected chi connectivity index (χ2v) is 8.24. The fourth-order valence-electron chi connectivity index (χ4n) is 5.03. The molecule has 0 spiro atoms. The zero-order valence-corrected chi connectivity index (χ0v) is 16.6. The van der Waals surface area contributed by atoms with Crippen LogP contribution in [0.5, 0.6) is 5.75 Å². The molecule has 2 aromatic carbocycles. The fraction of sp³-hybridized carbons (Fsp3) is 0.500. The number of methoxy groups -OCH3 is 1.